The maximum Gasteiger partial charge on any atom is 0.256 e. The zero-order valence-corrected chi connectivity index (χ0v) is 20.4. The van der Waals surface area contributed by atoms with Gasteiger partial charge >= 0.3 is 0 Å². The van der Waals surface area contributed by atoms with Crippen molar-refractivity contribution in [2.75, 3.05) is 32.0 Å². The number of unbranched alkanes of at least 4 members (excludes halogenated alkanes) is 1. The van der Waals surface area contributed by atoms with Crippen molar-refractivity contribution in [3.05, 3.63) is 45.8 Å². The van der Waals surface area contributed by atoms with Crippen LogP contribution in [0.15, 0.2) is 29.2 Å². The Morgan fingerprint density at radius 3 is 2.50 bits per heavy atom. The van der Waals surface area contributed by atoms with E-state index in [-0.39, 0.29) is 4.90 Å². The van der Waals surface area contributed by atoms with Crippen LogP contribution in [-0.2, 0) is 23.0 Å². The number of rotatable bonds is 9. The second kappa shape index (κ2) is 10.1. The lowest BCUT2D eigenvalue weighted by Crippen LogP contribution is -3.08. The summed E-state index contributed by atoms with van der Waals surface area (Å²) < 4.78 is 27.2. The van der Waals surface area contributed by atoms with Crippen molar-refractivity contribution in [1.82, 2.24) is 4.31 Å². The lowest BCUT2D eigenvalue weighted by molar-refractivity contribution is -0.895. The van der Waals surface area contributed by atoms with Crippen LogP contribution in [0, 0.1) is 0 Å². The fourth-order valence-corrected chi connectivity index (χ4v) is 6.70. The number of hydrogen-bond donors (Lipinski definition) is 3. The van der Waals surface area contributed by atoms with Crippen LogP contribution in [0.25, 0.3) is 0 Å². The van der Waals surface area contributed by atoms with E-state index in [1.165, 1.54) is 44.8 Å². The average Bonchev–Trinajstić information content (AvgIpc) is 3.11. The molecule has 0 saturated heterocycles. The molecule has 1 aromatic carbocycles. The molecule has 2 heterocycles. The zero-order valence-electron chi connectivity index (χ0n) is 18.7. The summed E-state index contributed by atoms with van der Waals surface area (Å²) in [7, 11) is -1.52. The van der Waals surface area contributed by atoms with E-state index in [0.717, 1.165) is 42.8 Å². The monoisotopic (exact) mass is 479 g/mol. The molecule has 1 unspecified atom stereocenters. The molecule has 2 amide bonds. The number of sulfonamides is 1. The van der Waals surface area contributed by atoms with Gasteiger partial charge in [0.05, 0.1) is 28.9 Å². The van der Waals surface area contributed by atoms with Gasteiger partial charge in [0.25, 0.3) is 11.8 Å². The van der Waals surface area contributed by atoms with E-state index in [1.807, 2.05) is 13.8 Å². The van der Waals surface area contributed by atoms with Crippen LogP contribution in [0.5, 0.6) is 0 Å². The molecule has 4 N–H and O–H groups in total. The number of carbonyl (C=O) groups excluding carboxylic acids is 2. The number of nitrogens with one attached hydrogen (secondary N) is 2. The van der Waals surface area contributed by atoms with E-state index in [2.05, 4.69) is 12.4 Å². The van der Waals surface area contributed by atoms with Gasteiger partial charge in [-0.3, -0.25) is 9.59 Å². The Bertz CT molecular complexity index is 1090. The van der Waals surface area contributed by atoms with Crippen molar-refractivity contribution in [1.29, 1.82) is 0 Å². The molecule has 8 nitrogen and oxygen atoms in total. The maximum absolute atomic E-state index is 12.9. The number of likely N-dealkylation sites (N-methyl/N-ethyl adjacent to an activating group) is 1. The van der Waals surface area contributed by atoms with Gasteiger partial charge < -0.3 is 16.0 Å². The van der Waals surface area contributed by atoms with Crippen molar-refractivity contribution >= 4 is 38.2 Å². The predicted molar refractivity (Wildman–Crippen MR) is 126 cm³/mol. The number of nitrogens with zero attached hydrogens (tertiary/aromatic N) is 1. The Kier molecular flexibility index (Phi) is 7.71. The smallest absolute Gasteiger partial charge is 0.256 e. The summed E-state index contributed by atoms with van der Waals surface area (Å²) in [6.45, 7) is 6.37. The van der Waals surface area contributed by atoms with E-state index in [9.17, 15) is 18.0 Å². The van der Waals surface area contributed by atoms with Crippen LogP contribution >= 0.6 is 11.3 Å². The van der Waals surface area contributed by atoms with Gasteiger partial charge in [0.2, 0.25) is 10.0 Å². The molecule has 1 aliphatic heterocycles. The molecular formula is C22H31N4O4S2+. The quantitative estimate of drug-likeness (QED) is 0.505. The highest BCUT2D eigenvalue weighted by molar-refractivity contribution is 7.89. The number of primary amides is 1. The SMILES string of the molecule is CCCCN(CC)S(=O)(=O)c1ccc(C(=O)Nc2sc3c(c2C(N)=O)CC[NH+](C)C3)cc1. The predicted octanol–water partition coefficient (Wildman–Crippen LogP) is 1.48. The van der Waals surface area contributed by atoms with E-state index in [1.54, 1.807) is 0 Å². The third-order valence-corrected chi connectivity index (χ3v) is 8.83. The number of nitrogens with two attached hydrogens (primary N) is 1. The number of fused-ring (bicyclic) bond motifs is 1. The minimum Gasteiger partial charge on any atom is -0.365 e. The van der Waals surface area contributed by atoms with Gasteiger partial charge in [0, 0.05) is 25.1 Å². The van der Waals surface area contributed by atoms with Gasteiger partial charge in [-0.2, -0.15) is 4.31 Å². The topological polar surface area (TPSA) is 114 Å². The number of carbonyl (C=O) groups is 2. The second-order valence-electron chi connectivity index (χ2n) is 8.03. The van der Waals surface area contributed by atoms with E-state index < -0.39 is 21.8 Å². The largest absolute Gasteiger partial charge is 0.365 e. The van der Waals surface area contributed by atoms with Gasteiger partial charge in [-0.05, 0) is 36.2 Å². The Hall–Kier alpha value is -2.27. The molecule has 0 bridgehead atoms. The van der Waals surface area contributed by atoms with Crippen molar-refractivity contribution in [2.24, 2.45) is 5.73 Å². The van der Waals surface area contributed by atoms with E-state index >= 15 is 0 Å². The van der Waals surface area contributed by atoms with Crippen LogP contribution in [0.2, 0.25) is 0 Å². The molecule has 32 heavy (non-hydrogen) atoms. The molecule has 10 heteroatoms. The first-order valence-corrected chi connectivity index (χ1v) is 13.1. The highest BCUT2D eigenvalue weighted by Crippen LogP contribution is 2.34. The van der Waals surface area contributed by atoms with Crippen LogP contribution in [0.1, 0.15) is 57.8 Å². The number of anilines is 1. The Balaban J connectivity index is 1.81. The van der Waals surface area contributed by atoms with Gasteiger partial charge in [-0.25, -0.2) is 8.42 Å². The summed E-state index contributed by atoms with van der Waals surface area (Å²) in [5, 5.41) is 3.26. The first kappa shape index (κ1) is 24.4. The van der Waals surface area contributed by atoms with Crippen LogP contribution in [0.3, 0.4) is 0 Å². The Labute approximate surface area is 193 Å². The van der Waals surface area contributed by atoms with Crippen LogP contribution in [-0.4, -0.2) is 51.2 Å². The van der Waals surface area contributed by atoms with Gasteiger partial charge in [0.15, 0.2) is 0 Å². The van der Waals surface area contributed by atoms with Gasteiger partial charge in [-0.15, -0.1) is 11.3 Å². The first-order chi connectivity index (χ1) is 15.2. The zero-order chi connectivity index (χ0) is 23.5. The molecule has 0 radical (unpaired) electrons. The highest BCUT2D eigenvalue weighted by atomic mass is 32.2. The third-order valence-electron chi connectivity index (χ3n) is 5.70. The van der Waals surface area contributed by atoms with Crippen molar-refractivity contribution in [3.8, 4) is 0 Å². The Morgan fingerprint density at radius 2 is 1.91 bits per heavy atom. The van der Waals surface area contributed by atoms with Gasteiger partial charge in [0.1, 0.15) is 11.5 Å². The minimum absolute atomic E-state index is 0.155. The summed E-state index contributed by atoms with van der Waals surface area (Å²) in [5.74, 6) is -0.959. The molecule has 0 saturated carbocycles. The Morgan fingerprint density at radius 1 is 1.22 bits per heavy atom. The molecule has 1 atom stereocenters. The van der Waals surface area contributed by atoms with Crippen molar-refractivity contribution in [3.63, 3.8) is 0 Å². The second-order valence-corrected chi connectivity index (χ2v) is 11.1. The highest BCUT2D eigenvalue weighted by Gasteiger charge is 2.29. The number of quaternary nitrogens is 1. The molecule has 0 aliphatic carbocycles. The number of thiophene rings is 1. The van der Waals surface area contributed by atoms with Crippen LogP contribution in [0.4, 0.5) is 5.00 Å². The normalized spacial score (nSPS) is 16.1. The summed E-state index contributed by atoms with van der Waals surface area (Å²) in [6.07, 6.45) is 2.43. The molecule has 1 aliphatic rings. The number of amides is 2. The first-order valence-electron chi connectivity index (χ1n) is 10.9. The summed E-state index contributed by atoms with van der Waals surface area (Å²) in [4.78, 5) is 27.5. The minimum atomic E-state index is -3.61. The summed E-state index contributed by atoms with van der Waals surface area (Å²) >= 11 is 1.38. The summed E-state index contributed by atoms with van der Waals surface area (Å²) in [6, 6.07) is 5.88. The number of hydrogen-bond acceptors (Lipinski definition) is 5. The molecular weight excluding hydrogens is 448 g/mol. The third kappa shape index (κ3) is 5.03. The molecule has 174 valence electrons. The van der Waals surface area contributed by atoms with E-state index in [0.29, 0.717) is 29.2 Å². The lowest BCUT2D eigenvalue weighted by Gasteiger charge is -2.20. The maximum atomic E-state index is 12.9. The van der Waals surface area contributed by atoms with Gasteiger partial charge in [-0.1, -0.05) is 20.3 Å². The van der Waals surface area contributed by atoms with Crippen molar-refractivity contribution in [2.45, 2.75) is 44.6 Å². The number of benzene rings is 1. The molecule has 3 rings (SSSR count). The fraction of sp³-hybridized carbons (Fsp3) is 0.455. The average molecular weight is 480 g/mol. The lowest BCUT2D eigenvalue weighted by atomic mass is 10.0. The molecule has 0 spiro atoms. The van der Waals surface area contributed by atoms with Crippen LogP contribution < -0.4 is 16.0 Å². The molecule has 1 aromatic heterocycles. The van der Waals surface area contributed by atoms with E-state index in [4.69, 9.17) is 5.73 Å². The standard InChI is InChI=1S/C22H30N4O4S2/c1-4-6-12-26(5-2)32(29,30)16-9-7-15(8-10-16)21(28)24-22-19(20(23)27)17-11-13-25(3)14-18(17)31-22/h7-10H,4-6,11-14H2,1-3H3,(H2,23,27)(H,24,28)/p+1. The fourth-order valence-electron chi connectivity index (χ4n) is 3.85. The summed E-state index contributed by atoms with van der Waals surface area (Å²) in [5.41, 5.74) is 7.24. The molecule has 0 fully saturated rings. The van der Waals surface area contributed by atoms with Crippen molar-refractivity contribution < 1.29 is 22.9 Å². The molecule has 2 aromatic rings.